The standard InChI is InChI=1S/C20H19BrN2O2/c1-14-6-8-15(9-7-14)20-17(13-25-23-20)10-11-19(24)22-12-16-4-2-3-5-18(16)21/h2-9,13H,10-12H2,1H3,(H,22,24). The van der Waals surface area contributed by atoms with E-state index in [0.717, 1.165) is 26.9 Å². The maximum atomic E-state index is 12.1. The van der Waals surface area contributed by atoms with E-state index in [0.29, 0.717) is 19.4 Å². The number of amides is 1. The smallest absolute Gasteiger partial charge is 0.220 e. The van der Waals surface area contributed by atoms with Gasteiger partial charge >= 0.3 is 0 Å². The van der Waals surface area contributed by atoms with Crippen molar-refractivity contribution < 1.29 is 9.32 Å². The quantitative estimate of drug-likeness (QED) is 0.656. The molecule has 0 saturated carbocycles. The third kappa shape index (κ3) is 4.57. The summed E-state index contributed by atoms with van der Waals surface area (Å²) in [5.74, 6) is 0.00630. The minimum absolute atomic E-state index is 0.00630. The molecular formula is C20H19BrN2O2. The second-order valence-electron chi connectivity index (χ2n) is 5.92. The summed E-state index contributed by atoms with van der Waals surface area (Å²) in [7, 11) is 0. The largest absolute Gasteiger partial charge is 0.364 e. The van der Waals surface area contributed by atoms with Gasteiger partial charge in [0.25, 0.3) is 0 Å². The summed E-state index contributed by atoms with van der Waals surface area (Å²) in [6.07, 6.45) is 2.61. The molecule has 1 amide bonds. The van der Waals surface area contributed by atoms with E-state index in [2.05, 4.69) is 26.4 Å². The molecule has 0 aliphatic carbocycles. The molecule has 1 heterocycles. The van der Waals surface area contributed by atoms with Gasteiger partial charge in [0, 0.05) is 28.6 Å². The number of carbonyl (C=O) groups excluding carboxylic acids is 1. The molecule has 0 unspecified atom stereocenters. The monoisotopic (exact) mass is 398 g/mol. The zero-order valence-electron chi connectivity index (χ0n) is 14.0. The zero-order valence-corrected chi connectivity index (χ0v) is 15.5. The number of nitrogens with zero attached hydrogens (tertiary/aromatic N) is 1. The predicted molar refractivity (Wildman–Crippen MR) is 101 cm³/mol. The van der Waals surface area contributed by atoms with Crippen LogP contribution in [0.1, 0.15) is 23.1 Å². The van der Waals surface area contributed by atoms with Gasteiger partial charge in [-0.15, -0.1) is 0 Å². The fourth-order valence-corrected chi connectivity index (χ4v) is 2.98. The highest BCUT2D eigenvalue weighted by Crippen LogP contribution is 2.23. The summed E-state index contributed by atoms with van der Waals surface area (Å²) in [4.78, 5) is 12.1. The van der Waals surface area contributed by atoms with Crippen molar-refractivity contribution in [2.75, 3.05) is 0 Å². The van der Waals surface area contributed by atoms with Crippen LogP contribution in [-0.4, -0.2) is 11.1 Å². The Kier molecular flexibility index (Phi) is 5.66. The molecule has 0 spiro atoms. The molecule has 0 fully saturated rings. The Morgan fingerprint density at radius 3 is 2.64 bits per heavy atom. The van der Waals surface area contributed by atoms with E-state index in [1.807, 2.05) is 55.5 Å². The summed E-state index contributed by atoms with van der Waals surface area (Å²) in [6, 6.07) is 16.0. The van der Waals surface area contributed by atoms with Gasteiger partial charge in [-0.3, -0.25) is 4.79 Å². The van der Waals surface area contributed by atoms with E-state index in [-0.39, 0.29) is 5.91 Å². The van der Waals surface area contributed by atoms with E-state index < -0.39 is 0 Å². The zero-order chi connectivity index (χ0) is 17.6. The molecule has 25 heavy (non-hydrogen) atoms. The van der Waals surface area contributed by atoms with Crippen LogP contribution in [0.15, 0.2) is 63.8 Å². The maximum absolute atomic E-state index is 12.1. The van der Waals surface area contributed by atoms with Crippen LogP contribution in [0, 0.1) is 6.92 Å². The molecule has 2 aromatic carbocycles. The lowest BCUT2D eigenvalue weighted by atomic mass is 10.0. The molecule has 0 bridgehead atoms. The Morgan fingerprint density at radius 2 is 1.88 bits per heavy atom. The minimum Gasteiger partial charge on any atom is -0.364 e. The van der Waals surface area contributed by atoms with Gasteiger partial charge in [-0.05, 0) is 25.0 Å². The molecule has 0 aliphatic heterocycles. The van der Waals surface area contributed by atoms with Crippen LogP contribution in [0.3, 0.4) is 0 Å². The van der Waals surface area contributed by atoms with Crippen molar-refractivity contribution in [1.82, 2.24) is 10.5 Å². The maximum Gasteiger partial charge on any atom is 0.220 e. The van der Waals surface area contributed by atoms with Gasteiger partial charge in [0.1, 0.15) is 12.0 Å². The van der Waals surface area contributed by atoms with Gasteiger partial charge < -0.3 is 9.84 Å². The Labute approximate surface area is 155 Å². The van der Waals surface area contributed by atoms with Crippen LogP contribution < -0.4 is 5.32 Å². The third-order valence-corrected chi connectivity index (χ3v) is 4.80. The number of aryl methyl sites for hydroxylation is 2. The highest BCUT2D eigenvalue weighted by molar-refractivity contribution is 9.10. The second-order valence-corrected chi connectivity index (χ2v) is 6.78. The molecular weight excluding hydrogens is 380 g/mol. The van der Waals surface area contributed by atoms with E-state index in [1.54, 1.807) is 6.26 Å². The molecule has 3 rings (SSSR count). The van der Waals surface area contributed by atoms with E-state index in [1.165, 1.54) is 5.56 Å². The molecule has 5 heteroatoms. The molecule has 128 valence electrons. The number of benzene rings is 2. The highest BCUT2D eigenvalue weighted by Gasteiger charge is 2.12. The number of carbonyl (C=O) groups is 1. The molecule has 0 radical (unpaired) electrons. The topological polar surface area (TPSA) is 55.1 Å². The van der Waals surface area contributed by atoms with Gasteiger partial charge in [0.05, 0.1) is 0 Å². The first-order valence-electron chi connectivity index (χ1n) is 8.14. The fourth-order valence-electron chi connectivity index (χ4n) is 2.56. The first-order valence-corrected chi connectivity index (χ1v) is 8.93. The predicted octanol–water partition coefficient (Wildman–Crippen LogP) is 4.66. The lowest BCUT2D eigenvalue weighted by molar-refractivity contribution is -0.121. The van der Waals surface area contributed by atoms with Gasteiger partial charge in [-0.2, -0.15) is 0 Å². The molecule has 3 aromatic rings. The normalized spacial score (nSPS) is 10.6. The minimum atomic E-state index is 0.00630. The number of aromatic nitrogens is 1. The van der Waals surface area contributed by atoms with E-state index in [9.17, 15) is 4.79 Å². The summed E-state index contributed by atoms with van der Waals surface area (Å²) in [5, 5.41) is 7.04. The molecule has 0 aliphatic rings. The van der Waals surface area contributed by atoms with Crippen molar-refractivity contribution in [2.45, 2.75) is 26.3 Å². The summed E-state index contributed by atoms with van der Waals surface area (Å²) in [5.41, 5.74) is 5.00. The number of hydrogen-bond donors (Lipinski definition) is 1. The lowest BCUT2D eigenvalue weighted by Crippen LogP contribution is -2.23. The lowest BCUT2D eigenvalue weighted by Gasteiger charge is -2.07. The first kappa shape index (κ1) is 17.4. The van der Waals surface area contributed by atoms with Crippen molar-refractivity contribution in [3.63, 3.8) is 0 Å². The van der Waals surface area contributed by atoms with Crippen molar-refractivity contribution in [1.29, 1.82) is 0 Å². The van der Waals surface area contributed by atoms with E-state index in [4.69, 9.17) is 4.52 Å². The summed E-state index contributed by atoms with van der Waals surface area (Å²) < 4.78 is 6.12. The summed E-state index contributed by atoms with van der Waals surface area (Å²) in [6.45, 7) is 2.55. The molecule has 1 aromatic heterocycles. The number of rotatable bonds is 6. The number of halogens is 1. The highest BCUT2D eigenvalue weighted by atomic mass is 79.9. The van der Waals surface area contributed by atoms with Gasteiger partial charge in [0.15, 0.2) is 0 Å². The van der Waals surface area contributed by atoms with Crippen LogP contribution >= 0.6 is 15.9 Å². The fraction of sp³-hybridized carbons (Fsp3) is 0.200. The molecule has 1 N–H and O–H groups in total. The van der Waals surface area contributed by atoms with Crippen molar-refractivity contribution in [2.24, 2.45) is 0 Å². The average molecular weight is 399 g/mol. The SMILES string of the molecule is Cc1ccc(-c2nocc2CCC(=O)NCc2ccccc2Br)cc1. The second kappa shape index (κ2) is 8.12. The molecule has 0 saturated heterocycles. The first-order chi connectivity index (χ1) is 12.1. The Morgan fingerprint density at radius 1 is 1.12 bits per heavy atom. The van der Waals surface area contributed by atoms with Gasteiger partial charge in [-0.25, -0.2) is 0 Å². The molecule has 4 nitrogen and oxygen atoms in total. The van der Waals surface area contributed by atoms with Crippen molar-refractivity contribution in [3.05, 3.63) is 76.0 Å². The Balaban J connectivity index is 1.57. The average Bonchev–Trinajstić information content (AvgIpc) is 3.08. The Hall–Kier alpha value is -2.40. The van der Waals surface area contributed by atoms with Crippen molar-refractivity contribution >= 4 is 21.8 Å². The third-order valence-electron chi connectivity index (χ3n) is 4.02. The number of nitrogens with one attached hydrogen (secondary N) is 1. The van der Waals surface area contributed by atoms with Crippen molar-refractivity contribution in [3.8, 4) is 11.3 Å². The molecule has 0 atom stereocenters. The Bertz CT molecular complexity index is 856. The van der Waals surface area contributed by atoms with Crippen LogP contribution in [0.4, 0.5) is 0 Å². The van der Waals surface area contributed by atoms with Crippen LogP contribution in [0.25, 0.3) is 11.3 Å². The van der Waals surface area contributed by atoms with Crippen LogP contribution in [0.5, 0.6) is 0 Å². The van der Waals surface area contributed by atoms with Gasteiger partial charge in [0.2, 0.25) is 5.91 Å². The number of hydrogen-bond acceptors (Lipinski definition) is 3. The summed E-state index contributed by atoms with van der Waals surface area (Å²) >= 11 is 3.49. The van der Waals surface area contributed by atoms with Gasteiger partial charge in [-0.1, -0.05) is 69.1 Å². The van der Waals surface area contributed by atoms with E-state index >= 15 is 0 Å². The van der Waals surface area contributed by atoms with Crippen LogP contribution in [-0.2, 0) is 17.8 Å². The van der Waals surface area contributed by atoms with Crippen LogP contribution in [0.2, 0.25) is 0 Å².